The third-order valence-corrected chi connectivity index (χ3v) is 11.8. The van der Waals surface area contributed by atoms with Crippen LogP contribution in [-0.4, -0.2) is 9.97 Å². The van der Waals surface area contributed by atoms with E-state index in [1.807, 2.05) is 47.7 Å². The topological polar surface area (TPSA) is 38.9 Å². The Kier molecular flexibility index (Phi) is 7.68. The van der Waals surface area contributed by atoms with E-state index in [0.717, 1.165) is 72.3 Å². The molecule has 0 unspecified atom stereocenters. The molecule has 3 aromatic heterocycles. The van der Waals surface area contributed by atoms with Crippen molar-refractivity contribution in [3.05, 3.63) is 194 Å². The molecule has 0 aliphatic heterocycles. The molecule has 262 valence electrons. The highest BCUT2D eigenvalue weighted by molar-refractivity contribution is 7.25. The van der Waals surface area contributed by atoms with Crippen molar-refractivity contribution < 1.29 is 4.42 Å². The Bertz CT molecular complexity index is 3180. The number of aromatic nitrogens is 2. The molecule has 56 heavy (non-hydrogen) atoms. The van der Waals surface area contributed by atoms with E-state index >= 15 is 0 Å². The van der Waals surface area contributed by atoms with Crippen LogP contribution >= 0.6 is 11.3 Å². The number of para-hydroxylation sites is 1. The Morgan fingerprint density at radius 1 is 0.304 bits per heavy atom. The number of hydrogen-bond donors (Lipinski definition) is 0. The van der Waals surface area contributed by atoms with Crippen molar-refractivity contribution in [3.8, 4) is 67.3 Å². The monoisotopic (exact) mass is 732 g/mol. The normalized spacial score (nSPS) is 11.6. The van der Waals surface area contributed by atoms with E-state index in [1.165, 1.54) is 31.3 Å². The van der Waals surface area contributed by atoms with E-state index in [9.17, 15) is 0 Å². The molecule has 0 atom stereocenters. The molecule has 0 fully saturated rings. The van der Waals surface area contributed by atoms with Gasteiger partial charge in [0.05, 0.1) is 11.4 Å². The Morgan fingerprint density at radius 2 is 0.821 bits per heavy atom. The van der Waals surface area contributed by atoms with E-state index < -0.39 is 0 Å². The van der Waals surface area contributed by atoms with Gasteiger partial charge in [0.1, 0.15) is 11.2 Å². The van der Waals surface area contributed by atoms with Crippen molar-refractivity contribution in [3.63, 3.8) is 0 Å². The number of rotatable bonds is 6. The quantitative estimate of drug-likeness (QED) is 0.171. The second-order valence-electron chi connectivity index (χ2n) is 14.2. The Morgan fingerprint density at radius 3 is 1.61 bits per heavy atom. The zero-order chi connectivity index (χ0) is 37.0. The van der Waals surface area contributed by atoms with Gasteiger partial charge in [0.15, 0.2) is 5.82 Å². The summed E-state index contributed by atoms with van der Waals surface area (Å²) in [5, 5.41) is 4.83. The number of hydrogen-bond acceptors (Lipinski definition) is 4. The van der Waals surface area contributed by atoms with Crippen LogP contribution in [0.25, 0.3) is 109 Å². The first kappa shape index (κ1) is 32.3. The highest BCUT2D eigenvalue weighted by Gasteiger charge is 2.15. The molecule has 0 amide bonds. The SMILES string of the molecule is c1ccc(-c2cc(-c3cc(-c4ccc(-c5ccc6sc7ccccc7c6c5)cc4)cc(-c4ccc5oc6ccccc6c5c4)c3)nc(-c3ccccc3)n2)cc1. The van der Waals surface area contributed by atoms with Crippen LogP contribution in [0, 0.1) is 0 Å². The molecular weight excluding hydrogens is 701 g/mol. The molecule has 0 spiro atoms. The predicted molar refractivity (Wildman–Crippen MR) is 235 cm³/mol. The van der Waals surface area contributed by atoms with Crippen molar-refractivity contribution in [1.29, 1.82) is 0 Å². The molecular formula is C52H32N2OS. The molecule has 3 nitrogen and oxygen atoms in total. The average molecular weight is 733 g/mol. The lowest BCUT2D eigenvalue weighted by molar-refractivity contribution is 0.669. The van der Waals surface area contributed by atoms with E-state index in [4.69, 9.17) is 14.4 Å². The summed E-state index contributed by atoms with van der Waals surface area (Å²) in [4.78, 5) is 10.3. The van der Waals surface area contributed by atoms with Crippen LogP contribution in [0.1, 0.15) is 0 Å². The first-order valence-electron chi connectivity index (χ1n) is 18.8. The lowest BCUT2D eigenvalue weighted by atomic mass is 9.93. The largest absolute Gasteiger partial charge is 0.456 e. The molecule has 0 saturated carbocycles. The minimum Gasteiger partial charge on any atom is -0.456 e. The second kappa shape index (κ2) is 13.3. The third kappa shape index (κ3) is 5.76. The Hall–Kier alpha value is -7.14. The van der Waals surface area contributed by atoms with E-state index in [-0.39, 0.29) is 0 Å². The Balaban J connectivity index is 1.07. The summed E-state index contributed by atoms with van der Waals surface area (Å²) < 4.78 is 8.84. The van der Waals surface area contributed by atoms with E-state index in [2.05, 4.69) is 158 Å². The lowest BCUT2D eigenvalue weighted by Crippen LogP contribution is -1.96. The molecule has 8 aromatic carbocycles. The lowest BCUT2D eigenvalue weighted by Gasteiger charge is -2.14. The van der Waals surface area contributed by atoms with Crippen LogP contribution in [0.3, 0.4) is 0 Å². The van der Waals surface area contributed by atoms with Crippen LogP contribution < -0.4 is 0 Å². The molecule has 0 aliphatic rings. The number of benzene rings is 8. The van der Waals surface area contributed by atoms with Gasteiger partial charge in [-0.05, 0) is 94.0 Å². The van der Waals surface area contributed by atoms with Gasteiger partial charge in [-0.2, -0.15) is 0 Å². The maximum Gasteiger partial charge on any atom is 0.160 e. The standard InChI is InChI=1S/C52H32N2OS/c1-3-11-35(12-4-1)46-32-47(54-52(53-46)36-13-5-2-6-14-36)41-28-39(27-40(29-41)38-23-25-49-44(30-38)42-15-7-9-17-48(42)55-49)34-21-19-33(20-22-34)37-24-26-51-45(31-37)43-16-8-10-18-50(43)56-51/h1-32H. The fourth-order valence-corrected chi connectivity index (χ4v) is 8.93. The molecule has 3 heterocycles. The van der Waals surface area contributed by atoms with Crippen LogP contribution in [0.15, 0.2) is 199 Å². The molecule has 0 radical (unpaired) electrons. The molecule has 11 aromatic rings. The summed E-state index contributed by atoms with van der Waals surface area (Å²) in [6.45, 7) is 0. The maximum absolute atomic E-state index is 6.21. The van der Waals surface area contributed by atoms with Crippen molar-refractivity contribution in [2.24, 2.45) is 0 Å². The van der Waals surface area contributed by atoms with Gasteiger partial charge >= 0.3 is 0 Å². The fraction of sp³-hybridized carbons (Fsp3) is 0. The first-order valence-corrected chi connectivity index (χ1v) is 19.6. The minimum atomic E-state index is 0.694. The van der Waals surface area contributed by atoms with Gasteiger partial charge in [-0.1, -0.05) is 133 Å². The molecule has 0 aliphatic carbocycles. The molecule has 0 N–H and O–H groups in total. The maximum atomic E-state index is 6.21. The number of fused-ring (bicyclic) bond motifs is 6. The molecule has 4 heteroatoms. The van der Waals surface area contributed by atoms with Gasteiger partial charge in [-0.25, -0.2) is 9.97 Å². The summed E-state index contributed by atoms with van der Waals surface area (Å²) in [5.41, 5.74) is 13.4. The van der Waals surface area contributed by atoms with Gasteiger partial charge < -0.3 is 4.42 Å². The van der Waals surface area contributed by atoms with Crippen molar-refractivity contribution in [1.82, 2.24) is 9.97 Å². The first-order chi connectivity index (χ1) is 27.7. The summed E-state index contributed by atoms with van der Waals surface area (Å²) in [6, 6.07) is 68.7. The Labute approximate surface area is 327 Å². The summed E-state index contributed by atoms with van der Waals surface area (Å²) >= 11 is 1.85. The number of furan rings is 1. The van der Waals surface area contributed by atoms with Gasteiger partial charge in [0.2, 0.25) is 0 Å². The minimum absolute atomic E-state index is 0.694. The van der Waals surface area contributed by atoms with Gasteiger partial charge in [-0.15, -0.1) is 11.3 Å². The highest BCUT2D eigenvalue weighted by atomic mass is 32.1. The van der Waals surface area contributed by atoms with E-state index in [1.54, 1.807) is 0 Å². The summed E-state index contributed by atoms with van der Waals surface area (Å²) in [6.07, 6.45) is 0. The van der Waals surface area contributed by atoms with Crippen LogP contribution in [0.2, 0.25) is 0 Å². The third-order valence-electron chi connectivity index (χ3n) is 10.7. The van der Waals surface area contributed by atoms with Gasteiger partial charge in [0, 0.05) is 47.6 Å². The number of nitrogens with zero attached hydrogens (tertiary/aromatic N) is 2. The molecule has 11 rings (SSSR count). The zero-order valence-electron chi connectivity index (χ0n) is 30.2. The smallest absolute Gasteiger partial charge is 0.160 e. The fourth-order valence-electron chi connectivity index (χ4n) is 7.84. The molecule has 0 saturated heterocycles. The van der Waals surface area contributed by atoms with E-state index in [0.29, 0.717) is 5.82 Å². The highest BCUT2D eigenvalue weighted by Crippen LogP contribution is 2.39. The zero-order valence-corrected chi connectivity index (χ0v) is 31.0. The predicted octanol–water partition coefficient (Wildman–Crippen LogP) is 14.7. The second-order valence-corrected chi connectivity index (χ2v) is 15.3. The van der Waals surface area contributed by atoms with Crippen LogP contribution in [0.5, 0.6) is 0 Å². The number of thiophene rings is 1. The molecule has 0 bridgehead atoms. The van der Waals surface area contributed by atoms with Gasteiger partial charge in [0.25, 0.3) is 0 Å². The summed E-state index contributed by atoms with van der Waals surface area (Å²) in [7, 11) is 0. The van der Waals surface area contributed by atoms with Crippen LogP contribution in [-0.2, 0) is 0 Å². The van der Waals surface area contributed by atoms with Crippen molar-refractivity contribution in [2.45, 2.75) is 0 Å². The average Bonchev–Trinajstić information content (AvgIpc) is 3.84. The van der Waals surface area contributed by atoms with Crippen LogP contribution in [0.4, 0.5) is 0 Å². The van der Waals surface area contributed by atoms with Crippen molar-refractivity contribution in [2.75, 3.05) is 0 Å². The van der Waals surface area contributed by atoms with Crippen molar-refractivity contribution >= 4 is 53.4 Å². The van der Waals surface area contributed by atoms with Gasteiger partial charge in [-0.3, -0.25) is 0 Å². The summed E-state index contributed by atoms with van der Waals surface area (Å²) in [5.74, 6) is 0.694.